The highest BCUT2D eigenvalue weighted by Crippen LogP contribution is 2.52. The van der Waals surface area contributed by atoms with Crippen LogP contribution in [-0.2, 0) is 10.8 Å². The van der Waals surface area contributed by atoms with Crippen molar-refractivity contribution in [3.63, 3.8) is 0 Å². The van der Waals surface area contributed by atoms with E-state index in [0.717, 1.165) is 34.0 Å². The van der Waals surface area contributed by atoms with E-state index in [-0.39, 0.29) is 10.8 Å². The number of nitrogens with zero attached hydrogens (tertiary/aromatic N) is 2. The van der Waals surface area contributed by atoms with Crippen LogP contribution >= 0.6 is 0 Å². The van der Waals surface area contributed by atoms with E-state index in [9.17, 15) is 0 Å². The summed E-state index contributed by atoms with van der Waals surface area (Å²) in [6, 6.07) is 73.2. The first-order valence-corrected chi connectivity index (χ1v) is 21.4. The fourth-order valence-corrected chi connectivity index (χ4v) is 9.27. The number of benzene rings is 9. The SMILES string of the molecule is CC(C)(C)c1ccc(N(c2ccc3c(c2)C(C)(C)c2cc(/C=C/c4ccc(N(c5ccccc5)c5ccccc5)cc4)ccc2-3)c2cc3ccccc3c3ccccc23)cc1. The van der Waals surface area contributed by atoms with Crippen LogP contribution in [0.4, 0.5) is 34.1 Å². The van der Waals surface area contributed by atoms with Gasteiger partial charge >= 0.3 is 0 Å². The van der Waals surface area contributed by atoms with Crippen molar-refractivity contribution in [2.45, 2.75) is 45.4 Å². The predicted molar refractivity (Wildman–Crippen MR) is 262 cm³/mol. The maximum Gasteiger partial charge on any atom is 0.0546 e. The third-order valence-electron chi connectivity index (χ3n) is 12.6. The molecule has 0 saturated heterocycles. The van der Waals surface area contributed by atoms with Gasteiger partial charge in [0, 0.05) is 39.2 Å². The van der Waals surface area contributed by atoms with Gasteiger partial charge in [-0.25, -0.2) is 0 Å². The smallest absolute Gasteiger partial charge is 0.0546 e. The molecular weight excluding hydrogens is 737 g/mol. The fourth-order valence-electron chi connectivity index (χ4n) is 9.27. The molecule has 0 spiro atoms. The Balaban J connectivity index is 0.996. The van der Waals surface area contributed by atoms with Crippen LogP contribution in [0.25, 0.3) is 44.8 Å². The zero-order valence-corrected chi connectivity index (χ0v) is 35.6. The van der Waals surface area contributed by atoms with E-state index in [0.29, 0.717) is 0 Å². The molecule has 1 aliphatic carbocycles. The second-order valence-corrected chi connectivity index (χ2v) is 17.9. The molecule has 0 radical (unpaired) electrons. The molecule has 0 bridgehead atoms. The first-order chi connectivity index (χ1) is 29.6. The van der Waals surface area contributed by atoms with Gasteiger partial charge in [-0.15, -0.1) is 0 Å². The first kappa shape index (κ1) is 38.1. The van der Waals surface area contributed by atoms with Gasteiger partial charge in [0.25, 0.3) is 0 Å². The molecule has 0 N–H and O–H groups in total. The quantitative estimate of drug-likeness (QED) is 0.112. The number of anilines is 6. The lowest BCUT2D eigenvalue weighted by Crippen LogP contribution is -2.17. The van der Waals surface area contributed by atoms with E-state index in [1.807, 2.05) is 0 Å². The zero-order chi connectivity index (χ0) is 41.7. The molecule has 9 aromatic rings. The molecule has 10 rings (SSSR count). The summed E-state index contributed by atoms with van der Waals surface area (Å²) < 4.78 is 0. The predicted octanol–water partition coefficient (Wildman–Crippen LogP) is 16.7. The molecule has 0 aliphatic heterocycles. The first-order valence-electron chi connectivity index (χ1n) is 21.4. The second kappa shape index (κ2) is 15.1. The largest absolute Gasteiger partial charge is 0.311 e. The van der Waals surface area contributed by atoms with Crippen molar-refractivity contribution in [3.05, 3.63) is 228 Å². The molecule has 9 aromatic carbocycles. The molecule has 296 valence electrons. The van der Waals surface area contributed by atoms with Gasteiger partial charge < -0.3 is 9.80 Å². The Morgan fingerprint density at radius 3 is 1.52 bits per heavy atom. The molecule has 0 heterocycles. The van der Waals surface area contributed by atoms with Crippen LogP contribution in [0, 0.1) is 0 Å². The lowest BCUT2D eigenvalue weighted by atomic mass is 9.81. The summed E-state index contributed by atoms with van der Waals surface area (Å²) >= 11 is 0. The van der Waals surface area contributed by atoms with Gasteiger partial charge in [0.05, 0.1) is 5.69 Å². The summed E-state index contributed by atoms with van der Waals surface area (Å²) in [4.78, 5) is 4.77. The highest BCUT2D eigenvalue weighted by atomic mass is 15.1. The van der Waals surface area contributed by atoms with Crippen LogP contribution in [0.5, 0.6) is 0 Å². The van der Waals surface area contributed by atoms with E-state index in [4.69, 9.17) is 0 Å². The molecule has 0 saturated carbocycles. The minimum Gasteiger partial charge on any atom is -0.311 e. The Morgan fingerprint density at radius 2 is 0.869 bits per heavy atom. The second-order valence-electron chi connectivity index (χ2n) is 17.9. The maximum atomic E-state index is 2.47. The normalized spacial score (nSPS) is 13.1. The maximum absolute atomic E-state index is 2.47. The molecule has 0 unspecified atom stereocenters. The van der Waals surface area contributed by atoms with E-state index in [1.54, 1.807) is 0 Å². The van der Waals surface area contributed by atoms with Crippen molar-refractivity contribution in [2.75, 3.05) is 9.80 Å². The van der Waals surface area contributed by atoms with Crippen molar-refractivity contribution in [1.82, 2.24) is 0 Å². The van der Waals surface area contributed by atoms with E-state index < -0.39 is 0 Å². The highest BCUT2D eigenvalue weighted by Gasteiger charge is 2.36. The Kier molecular flexibility index (Phi) is 9.45. The summed E-state index contributed by atoms with van der Waals surface area (Å²) in [5.74, 6) is 0. The third kappa shape index (κ3) is 6.98. The van der Waals surface area contributed by atoms with Crippen molar-refractivity contribution < 1.29 is 0 Å². The molecule has 0 fully saturated rings. The topological polar surface area (TPSA) is 6.48 Å². The number of hydrogen-bond donors (Lipinski definition) is 0. The Bertz CT molecular complexity index is 3020. The van der Waals surface area contributed by atoms with Crippen molar-refractivity contribution >= 4 is 67.8 Å². The Hall–Kier alpha value is -7.16. The lowest BCUT2D eigenvalue weighted by Gasteiger charge is -2.30. The highest BCUT2D eigenvalue weighted by molar-refractivity contribution is 6.14. The lowest BCUT2D eigenvalue weighted by molar-refractivity contribution is 0.590. The van der Waals surface area contributed by atoms with Crippen molar-refractivity contribution in [3.8, 4) is 11.1 Å². The third-order valence-corrected chi connectivity index (χ3v) is 12.6. The average molecular weight is 787 g/mol. The average Bonchev–Trinajstić information content (AvgIpc) is 3.51. The van der Waals surface area contributed by atoms with Crippen LogP contribution in [-0.4, -0.2) is 0 Å². The fraction of sp³-hybridized carbons (Fsp3) is 0.119. The van der Waals surface area contributed by atoms with Crippen LogP contribution in [0.2, 0.25) is 0 Å². The Morgan fingerprint density at radius 1 is 0.393 bits per heavy atom. The summed E-state index contributed by atoms with van der Waals surface area (Å²) in [5, 5.41) is 5.01. The molecule has 2 heteroatoms. The molecular formula is C59H50N2. The van der Waals surface area contributed by atoms with Crippen LogP contribution < -0.4 is 9.80 Å². The van der Waals surface area contributed by atoms with Gasteiger partial charge in [-0.1, -0.05) is 180 Å². The van der Waals surface area contributed by atoms with Gasteiger partial charge in [-0.2, -0.15) is 0 Å². The molecule has 1 aliphatic rings. The van der Waals surface area contributed by atoms with Gasteiger partial charge in [0.15, 0.2) is 0 Å². The number of para-hydroxylation sites is 2. The molecule has 61 heavy (non-hydrogen) atoms. The van der Waals surface area contributed by atoms with Crippen molar-refractivity contribution in [2.24, 2.45) is 0 Å². The van der Waals surface area contributed by atoms with Crippen LogP contribution in [0.3, 0.4) is 0 Å². The number of rotatable bonds is 8. The Labute approximate surface area is 360 Å². The summed E-state index contributed by atoms with van der Waals surface area (Å²) in [7, 11) is 0. The summed E-state index contributed by atoms with van der Waals surface area (Å²) in [5.41, 5.74) is 15.8. The van der Waals surface area contributed by atoms with E-state index in [1.165, 1.54) is 60.6 Å². The summed E-state index contributed by atoms with van der Waals surface area (Å²) in [6.45, 7) is 11.6. The molecule has 2 nitrogen and oxygen atoms in total. The molecule has 0 amide bonds. The summed E-state index contributed by atoms with van der Waals surface area (Å²) in [6.07, 6.45) is 4.48. The number of hydrogen-bond acceptors (Lipinski definition) is 2. The minimum absolute atomic E-state index is 0.0636. The van der Waals surface area contributed by atoms with Gasteiger partial charge in [0.2, 0.25) is 0 Å². The number of fused-ring (bicyclic) bond motifs is 6. The standard InChI is InChI=1S/C59H50N2/c1-58(2,3)44-29-33-48(34-30-44)61(57-39-43-16-12-13-21-50(43)51-22-14-15-23-54(51)57)49-35-37-53-52-36-28-42(38-55(52)59(4,5)56(53)40-49)25-24-41-26-31-47(32-27-41)60(45-17-8-6-9-18-45)46-19-10-7-11-20-46/h6-40H,1-5H3/b25-24+. The molecule has 0 aromatic heterocycles. The minimum atomic E-state index is -0.197. The van der Waals surface area contributed by atoms with E-state index >= 15 is 0 Å². The van der Waals surface area contributed by atoms with Crippen molar-refractivity contribution in [1.29, 1.82) is 0 Å². The zero-order valence-electron chi connectivity index (χ0n) is 35.6. The van der Waals surface area contributed by atoms with Gasteiger partial charge in [0.1, 0.15) is 0 Å². The monoisotopic (exact) mass is 786 g/mol. The van der Waals surface area contributed by atoms with Gasteiger partial charge in [-0.3, -0.25) is 0 Å². The van der Waals surface area contributed by atoms with Crippen LogP contribution in [0.1, 0.15) is 62.4 Å². The van der Waals surface area contributed by atoms with E-state index in [2.05, 4.69) is 257 Å². The molecule has 0 atom stereocenters. The van der Waals surface area contributed by atoms with Crippen LogP contribution in [0.15, 0.2) is 200 Å². The van der Waals surface area contributed by atoms with Gasteiger partial charge in [-0.05, 0) is 127 Å².